The molecule has 1 aromatic carbocycles. The lowest BCUT2D eigenvalue weighted by molar-refractivity contribution is -0.117. The Bertz CT molecular complexity index is 692. The summed E-state index contributed by atoms with van der Waals surface area (Å²) in [6.07, 6.45) is 9.07. The summed E-state index contributed by atoms with van der Waals surface area (Å²) in [4.78, 5) is 12.5. The van der Waals surface area contributed by atoms with Crippen molar-refractivity contribution in [1.29, 1.82) is 0 Å². The van der Waals surface area contributed by atoms with Gasteiger partial charge in [-0.2, -0.15) is 0 Å². The van der Waals surface area contributed by atoms with E-state index in [1.54, 1.807) is 18.2 Å². The molecule has 2 rings (SSSR count). The van der Waals surface area contributed by atoms with E-state index in [0.717, 1.165) is 16.7 Å². The van der Waals surface area contributed by atoms with Gasteiger partial charge in [0.25, 0.3) is 5.91 Å². The highest BCUT2D eigenvalue weighted by atomic mass is 16.2. The average molecular weight is 291 g/mol. The van der Waals surface area contributed by atoms with Gasteiger partial charge >= 0.3 is 0 Å². The Morgan fingerprint density at radius 2 is 1.86 bits per heavy atom. The second-order valence-corrected chi connectivity index (χ2v) is 5.17. The van der Waals surface area contributed by atoms with E-state index in [4.69, 9.17) is 0 Å². The van der Waals surface area contributed by atoms with Gasteiger partial charge in [0.05, 0.1) is 0 Å². The van der Waals surface area contributed by atoms with E-state index < -0.39 is 5.54 Å². The molecule has 1 atom stereocenters. The van der Waals surface area contributed by atoms with Crippen LogP contribution in [0.4, 0.5) is 0 Å². The van der Waals surface area contributed by atoms with Gasteiger partial charge in [-0.15, -0.1) is 0 Å². The smallest absolute Gasteiger partial charge is 0.252 e. The van der Waals surface area contributed by atoms with E-state index in [1.807, 2.05) is 56.3 Å². The fourth-order valence-corrected chi connectivity index (χ4v) is 3.04. The average Bonchev–Trinajstić information content (AvgIpc) is 2.82. The summed E-state index contributed by atoms with van der Waals surface area (Å²) in [6, 6.07) is 9.98. The molecule has 0 bridgehead atoms. The second-order valence-electron chi connectivity index (χ2n) is 5.17. The standard InChI is InChI=1S/C20H21NO/c1-5-11-15(4)20(16-13-9-8-10-14-16)18(7-3)17(12-6-2)19(22)21-20/h5-14H,1-2H2,3-4H3,(H,21,22)/b15-11+,17-12+,18-7+. The predicted octanol–water partition coefficient (Wildman–Crippen LogP) is 4.20. The summed E-state index contributed by atoms with van der Waals surface area (Å²) in [6.45, 7) is 11.5. The molecule has 0 radical (unpaired) electrons. The molecule has 1 aliphatic heterocycles. The molecule has 1 aromatic rings. The minimum atomic E-state index is -0.657. The first kappa shape index (κ1) is 15.8. The number of hydrogen-bond donors (Lipinski definition) is 1. The molecule has 1 amide bonds. The van der Waals surface area contributed by atoms with Crippen LogP contribution in [0.3, 0.4) is 0 Å². The van der Waals surface area contributed by atoms with Gasteiger partial charge in [-0.25, -0.2) is 0 Å². The van der Waals surface area contributed by atoms with E-state index in [-0.39, 0.29) is 5.91 Å². The Balaban J connectivity index is 2.79. The summed E-state index contributed by atoms with van der Waals surface area (Å²) in [5.74, 6) is -0.0892. The van der Waals surface area contributed by atoms with Crippen LogP contribution in [0, 0.1) is 0 Å². The molecule has 0 aliphatic carbocycles. The van der Waals surface area contributed by atoms with E-state index in [2.05, 4.69) is 18.5 Å². The molecule has 1 unspecified atom stereocenters. The van der Waals surface area contributed by atoms with Crippen molar-refractivity contribution in [2.24, 2.45) is 0 Å². The molecule has 1 heterocycles. The summed E-state index contributed by atoms with van der Waals surface area (Å²) in [5, 5.41) is 3.16. The minimum absolute atomic E-state index is 0.0892. The maximum atomic E-state index is 12.5. The highest BCUT2D eigenvalue weighted by molar-refractivity contribution is 6.04. The Kier molecular flexibility index (Phi) is 4.62. The van der Waals surface area contributed by atoms with Gasteiger partial charge in [0.2, 0.25) is 0 Å². The molecule has 0 saturated carbocycles. The van der Waals surface area contributed by atoms with Crippen molar-refractivity contribution >= 4 is 5.91 Å². The highest BCUT2D eigenvalue weighted by Crippen LogP contribution is 2.44. The summed E-state index contributed by atoms with van der Waals surface area (Å²) < 4.78 is 0. The highest BCUT2D eigenvalue weighted by Gasteiger charge is 2.47. The van der Waals surface area contributed by atoms with Gasteiger partial charge in [-0.05, 0) is 36.6 Å². The van der Waals surface area contributed by atoms with Crippen LogP contribution in [0.1, 0.15) is 19.4 Å². The number of rotatable bonds is 4. The maximum Gasteiger partial charge on any atom is 0.252 e. The lowest BCUT2D eigenvalue weighted by Crippen LogP contribution is -2.41. The molecule has 2 nitrogen and oxygen atoms in total. The van der Waals surface area contributed by atoms with E-state index in [1.165, 1.54) is 0 Å². The quantitative estimate of drug-likeness (QED) is 0.653. The molecule has 22 heavy (non-hydrogen) atoms. The van der Waals surface area contributed by atoms with Crippen molar-refractivity contribution in [3.63, 3.8) is 0 Å². The van der Waals surface area contributed by atoms with Crippen molar-refractivity contribution in [3.05, 3.63) is 96.2 Å². The second kappa shape index (κ2) is 6.44. The lowest BCUT2D eigenvalue weighted by atomic mass is 9.77. The zero-order valence-electron chi connectivity index (χ0n) is 13.1. The van der Waals surface area contributed by atoms with Gasteiger partial charge in [0, 0.05) is 5.57 Å². The number of carbonyl (C=O) groups excluding carboxylic acids is 1. The first-order valence-electron chi connectivity index (χ1n) is 7.29. The Morgan fingerprint density at radius 3 is 2.41 bits per heavy atom. The van der Waals surface area contributed by atoms with Crippen LogP contribution in [0.25, 0.3) is 0 Å². The van der Waals surface area contributed by atoms with E-state index >= 15 is 0 Å². The van der Waals surface area contributed by atoms with Gasteiger partial charge in [-0.1, -0.05) is 67.8 Å². The SMILES string of the molecule is C=C/C=C1/C(=O)NC(/C(C)=C/C=C)(c2ccccc2)/C1=C/C. The van der Waals surface area contributed by atoms with Crippen LogP contribution in [0.15, 0.2) is 90.6 Å². The van der Waals surface area contributed by atoms with Crippen molar-refractivity contribution in [3.8, 4) is 0 Å². The molecule has 2 heteroatoms. The Labute approximate surface area is 132 Å². The Hall–Kier alpha value is -2.61. The summed E-state index contributed by atoms with van der Waals surface area (Å²) in [5.41, 5.74) is 2.98. The van der Waals surface area contributed by atoms with Crippen LogP contribution < -0.4 is 5.32 Å². The monoisotopic (exact) mass is 291 g/mol. The van der Waals surface area contributed by atoms with E-state index in [9.17, 15) is 4.79 Å². The third-order valence-electron chi connectivity index (χ3n) is 3.98. The Morgan fingerprint density at radius 1 is 1.18 bits per heavy atom. The molecule has 112 valence electrons. The van der Waals surface area contributed by atoms with Gasteiger partial charge in [0.1, 0.15) is 5.54 Å². The van der Waals surface area contributed by atoms with Crippen LogP contribution in [0.5, 0.6) is 0 Å². The zero-order valence-corrected chi connectivity index (χ0v) is 13.1. The van der Waals surface area contributed by atoms with Gasteiger partial charge < -0.3 is 5.32 Å². The van der Waals surface area contributed by atoms with Crippen molar-refractivity contribution < 1.29 is 4.79 Å². The number of hydrogen-bond acceptors (Lipinski definition) is 1. The van der Waals surface area contributed by atoms with Crippen molar-refractivity contribution in [2.45, 2.75) is 19.4 Å². The first-order valence-corrected chi connectivity index (χ1v) is 7.29. The van der Waals surface area contributed by atoms with Crippen LogP contribution in [0.2, 0.25) is 0 Å². The lowest BCUT2D eigenvalue weighted by Gasteiger charge is -2.32. The van der Waals surface area contributed by atoms with Gasteiger partial charge in [-0.3, -0.25) is 4.79 Å². The fraction of sp³-hybridized carbons (Fsp3) is 0.150. The van der Waals surface area contributed by atoms with E-state index in [0.29, 0.717) is 5.57 Å². The third-order valence-corrected chi connectivity index (χ3v) is 3.98. The number of amides is 1. The maximum absolute atomic E-state index is 12.5. The summed E-state index contributed by atoms with van der Waals surface area (Å²) >= 11 is 0. The molecule has 1 N–H and O–H groups in total. The fourth-order valence-electron chi connectivity index (χ4n) is 3.04. The first-order chi connectivity index (χ1) is 10.6. The number of nitrogens with one attached hydrogen (secondary N) is 1. The molecule has 1 fully saturated rings. The van der Waals surface area contributed by atoms with Crippen LogP contribution >= 0.6 is 0 Å². The number of carbonyl (C=O) groups is 1. The number of benzene rings is 1. The molecule has 1 aliphatic rings. The molecular formula is C20H21NO. The number of allylic oxidation sites excluding steroid dienone is 5. The minimum Gasteiger partial charge on any atom is -0.335 e. The zero-order chi connectivity index (χ0) is 16.2. The molecule has 0 aromatic heterocycles. The molecule has 1 saturated heterocycles. The largest absolute Gasteiger partial charge is 0.335 e. The third kappa shape index (κ3) is 2.37. The predicted molar refractivity (Wildman–Crippen MR) is 92.3 cm³/mol. The van der Waals surface area contributed by atoms with Crippen molar-refractivity contribution in [1.82, 2.24) is 5.32 Å². The van der Waals surface area contributed by atoms with Crippen LogP contribution in [-0.4, -0.2) is 5.91 Å². The molecular weight excluding hydrogens is 270 g/mol. The van der Waals surface area contributed by atoms with Crippen molar-refractivity contribution in [2.75, 3.05) is 0 Å². The molecule has 0 spiro atoms. The topological polar surface area (TPSA) is 29.1 Å². The summed E-state index contributed by atoms with van der Waals surface area (Å²) in [7, 11) is 0. The normalized spacial score (nSPS) is 25.4. The van der Waals surface area contributed by atoms with Crippen LogP contribution in [-0.2, 0) is 10.3 Å². The van der Waals surface area contributed by atoms with Gasteiger partial charge in [0.15, 0.2) is 0 Å².